The van der Waals surface area contributed by atoms with Gasteiger partial charge in [0.05, 0.1) is 22.9 Å². The Labute approximate surface area is 148 Å². The van der Waals surface area contributed by atoms with Crippen molar-refractivity contribution < 1.29 is 14.3 Å². The summed E-state index contributed by atoms with van der Waals surface area (Å²) in [4.78, 5) is 30.9. The van der Waals surface area contributed by atoms with Crippen LogP contribution in [0, 0.1) is 0 Å². The minimum Gasteiger partial charge on any atom is -0.462 e. The number of aromatic nitrogens is 1. The highest BCUT2D eigenvalue weighted by Gasteiger charge is 2.22. The molecule has 5 nitrogen and oxygen atoms in total. The van der Waals surface area contributed by atoms with Crippen LogP contribution in [0.25, 0.3) is 0 Å². The van der Waals surface area contributed by atoms with Crippen LogP contribution >= 0.6 is 11.8 Å². The van der Waals surface area contributed by atoms with Crippen molar-refractivity contribution in [1.82, 2.24) is 9.88 Å². The Hall–Kier alpha value is -1.56. The second-order valence-electron chi connectivity index (χ2n) is 5.72. The lowest BCUT2D eigenvalue weighted by Gasteiger charge is -2.20. The predicted molar refractivity (Wildman–Crippen MR) is 95.5 cm³/mol. The molecule has 1 aliphatic rings. The molecule has 1 aliphatic carbocycles. The Kier molecular flexibility index (Phi) is 7.09. The van der Waals surface area contributed by atoms with Crippen LogP contribution in [0.4, 0.5) is 0 Å². The Morgan fingerprint density at radius 3 is 2.58 bits per heavy atom. The van der Waals surface area contributed by atoms with Crippen molar-refractivity contribution in [2.75, 3.05) is 25.4 Å². The maximum absolute atomic E-state index is 12.3. The van der Waals surface area contributed by atoms with Crippen LogP contribution in [0.3, 0.4) is 0 Å². The number of esters is 1. The van der Waals surface area contributed by atoms with E-state index in [4.69, 9.17) is 4.74 Å². The van der Waals surface area contributed by atoms with E-state index in [1.165, 1.54) is 11.8 Å². The van der Waals surface area contributed by atoms with E-state index in [9.17, 15) is 9.59 Å². The first-order valence-corrected chi connectivity index (χ1v) is 9.69. The van der Waals surface area contributed by atoms with Crippen LogP contribution in [0.2, 0.25) is 0 Å². The van der Waals surface area contributed by atoms with Crippen LogP contribution in [0.5, 0.6) is 0 Å². The fourth-order valence-corrected chi connectivity index (χ4v) is 3.78. The van der Waals surface area contributed by atoms with Crippen molar-refractivity contribution in [1.29, 1.82) is 0 Å². The lowest BCUT2D eigenvalue weighted by molar-refractivity contribution is -0.127. The quantitative estimate of drug-likeness (QED) is 0.559. The number of aryl methyl sites for hydroxylation is 1. The van der Waals surface area contributed by atoms with E-state index in [1.807, 2.05) is 20.8 Å². The molecule has 0 bridgehead atoms. The lowest BCUT2D eigenvalue weighted by atomic mass is 9.92. The zero-order valence-electron chi connectivity index (χ0n) is 14.8. The lowest BCUT2D eigenvalue weighted by Crippen LogP contribution is -2.31. The van der Waals surface area contributed by atoms with Crippen molar-refractivity contribution in [3.05, 3.63) is 22.9 Å². The summed E-state index contributed by atoms with van der Waals surface area (Å²) in [6.07, 6.45) is 3.93. The van der Waals surface area contributed by atoms with E-state index in [1.54, 1.807) is 11.0 Å². The van der Waals surface area contributed by atoms with Gasteiger partial charge in [-0.05, 0) is 58.1 Å². The van der Waals surface area contributed by atoms with Crippen molar-refractivity contribution in [3.63, 3.8) is 0 Å². The van der Waals surface area contributed by atoms with Crippen molar-refractivity contribution in [3.8, 4) is 0 Å². The van der Waals surface area contributed by atoms with Crippen LogP contribution < -0.4 is 0 Å². The second kappa shape index (κ2) is 9.06. The summed E-state index contributed by atoms with van der Waals surface area (Å²) >= 11 is 1.40. The summed E-state index contributed by atoms with van der Waals surface area (Å²) in [5, 5.41) is 0.735. The van der Waals surface area contributed by atoms with E-state index < -0.39 is 0 Å². The van der Waals surface area contributed by atoms with E-state index >= 15 is 0 Å². The van der Waals surface area contributed by atoms with Crippen LogP contribution in [-0.2, 0) is 22.4 Å². The van der Waals surface area contributed by atoms with E-state index in [2.05, 4.69) is 4.98 Å². The second-order valence-corrected chi connectivity index (χ2v) is 6.71. The summed E-state index contributed by atoms with van der Waals surface area (Å²) in [7, 11) is 0. The first-order chi connectivity index (χ1) is 11.6. The maximum Gasteiger partial charge on any atom is 0.338 e. The normalized spacial score (nSPS) is 13.3. The third-order valence-corrected chi connectivity index (χ3v) is 5.13. The van der Waals surface area contributed by atoms with Gasteiger partial charge in [0.2, 0.25) is 5.91 Å². The monoisotopic (exact) mass is 350 g/mol. The minimum atomic E-state index is -0.282. The topological polar surface area (TPSA) is 59.5 Å². The number of thioether (sulfide) groups is 1. The first-order valence-electron chi connectivity index (χ1n) is 8.71. The molecule has 1 heterocycles. The molecule has 0 radical (unpaired) electrons. The molecule has 132 valence electrons. The molecule has 0 spiro atoms. The van der Waals surface area contributed by atoms with Crippen LogP contribution in [0.1, 0.15) is 55.2 Å². The van der Waals surface area contributed by atoms with E-state index in [0.717, 1.165) is 42.0 Å². The Bertz CT molecular complexity index is 600. The number of fused-ring (bicyclic) bond motifs is 1. The molecule has 0 aromatic carbocycles. The summed E-state index contributed by atoms with van der Waals surface area (Å²) in [6.45, 7) is 7.54. The molecule has 1 amide bonds. The van der Waals surface area contributed by atoms with Gasteiger partial charge in [0.25, 0.3) is 0 Å². The van der Waals surface area contributed by atoms with Gasteiger partial charge in [-0.25, -0.2) is 9.78 Å². The summed E-state index contributed by atoms with van der Waals surface area (Å²) in [5.41, 5.74) is 2.64. The number of carbonyl (C=O) groups excluding carboxylic acids is 2. The van der Waals surface area contributed by atoms with Crippen molar-refractivity contribution in [2.24, 2.45) is 0 Å². The van der Waals surface area contributed by atoms with Gasteiger partial charge in [0.15, 0.2) is 0 Å². The third kappa shape index (κ3) is 4.50. The van der Waals surface area contributed by atoms with Crippen LogP contribution in [-0.4, -0.2) is 47.2 Å². The maximum atomic E-state index is 12.3. The molecule has 1 aromatic rings. The SMILES string of the molecule is CCOC(=O)c1cc(SCC(=O)N(CC)CC)nc2c1CCCC2. The van der Waals surface area contributed by atoms with Gasteiger partial charge in [0.1, 0.15) is 0 Å². The summed E-state index contributed by atoms with van der Waals surface area (Å²) < 4.78 is 5.20. The Balaban J connectivity index is 2.20. The molecule has 6 heteroatoms. The molecule has 0 fully saturated rings. The fraction of sp³-hybridized carbons (Fsp3) is 0.611. The number of hydrogen-bond donors (Lipinski definition) is 0. The highest BCUT2D eigenvalue weighted by molar-refractivity contribution is 7.99. The highest BCUT2D eigenvalue weighted by atomic mass is 32.2. The molecule has 0 unspecified atom stereocenters. The van der Waals surface area contributed by atoms with Gasteiger partial charge in [-0.15, -0.1) is 0 Å². The molecule has 0 atom stereocenters. The Morgan fingerprint density at radius 2 is 1.92 bits per heavy atom. The first kappa shape index (κ1) is 18.8. The molecule has 0 N–H and O–H groups in total. The third-order valence-electron chi connectivity index (χ3n) is 4.23. The van der Waals surface area contributed by atoms with Gasteiger partial charge in [-0.2, -0.15) is 0 Å². The molecular formula is C18H26N2O3S. The molecule has 1 aromatic heterocycles. The average Bonchev–Trinajstić information content (AvgIpc) is 2.60. The van der Waals surface area contributed by atoms with Crippen molar-refractivity contribution >= 4 is 23.6 Å². The van der Waals surface area contributed by atoms with Gasteiger partial charge in [0, 0.05) is 18.8 Å². The standard InChI is InChI=1S/C18H26N2O3S/c1-4-20(5-2)17(21)12-24-16-11-14(18(22)23-6-3)13-9-7-8-10-15(13)19-16/h11H,4-10,12H2,1-3H3. The number of pyridine rings is 1. The van der Waals surface area contributed by atoms with E-state index in [-0.39, 0.29) is 11.9 Å². The molecule has 0 aliphatic heterocycles. The molecule has 0 saturated heterocycles. The zero-order valence-corrected chi connectivity index (χ0v) is 15.6. The van der Waals surface area contributed by atoms with Gasteiger partial charge >= 0.3 is 5.97 Å². The predicted octanol–water partition coefficient (Wildman–Crippen LogP) is 3.10. The Morgan fingerprint density at radius 1 is 1.21 bits per heavy atom. The van der Waals surface area contributed by atoms with Crippen LogP contribution in [0.15, 0.2) is 11.1 Å². The van der Waals surface area contributed by atoms with Gasteiger partial charge < -0.3 is 9.64 Å². The minimum absolute atomic E-state index is 0.0993. The molecular weight excluding hydrogens is 324 g/mol. The number of ether oxygens (including phenoxy) is 1. The number of hydrogen-bond acceptors (Lipinski definition) is 5. The number of carbonyl (C=O) groups is 2. The molecule has 0 saturated carbocycles. The average molecular weight is 350 g/mol. The molecule has 2 rings (SSSR count). The number of rotatable bonds is 7. The number of nitrogens with zero attached hydrogens (tertiary/aromatic N) is 2. The zero-order chi connectivity index (χ0) is 17.5. The largest absolute Gasteiger partial charge is 0.462 e. The van der Waals surface area contributed by atoms with Crippen molar-refractivity contribution in [2.45, 2.75) is 51.5 Å². The summed E-state index contributed by atoms with van der Waals surface area (Å²) in [5.74, 6) is 0.160. The molecule has 24 heavy (non-hydrogen) atoms. The highest BCUT2D eigenvalue weighted by Crippen LogP contribution is 2.28. The smallest absolute Gasteiger partial charge is 0.338 e. The fourth-order valence-electron chi connectivity index (χ4n) is 2.95. The summed E-state index contributed by atoms with van der Waals surface area (Å²) in [6, 6.07) is 1.79. The van der Waals surface area contributed by atoms with Gasteiger partial charge in [-0.3, -0.25) is 4.79 Å². The van der Waals surface area contributed by atoms with Gasteiger partial charge in [-0.1, -0.05) is 11.8 Å². The van der Waals surface area contributed by atoms with E-state index in [0.29, 0.717) is 31.0 Å². The number of amides is 1.